The van der Waals surface area contributed by atoms with Crippen molar-refractivity contribution in [2.75, 3.05) is 0 Å². The molecule has 2 aliphatic rings. The minimum atomic E-state index is -0.142. The summed E-state index contributed by atoms with van der Waals surface area (Å²) >= 11 is 1.75. The molecule has 0 radical (unpaired) electrons. The van der Waals surface area contributed by atoms with Crippen molar-refractivity contribution in [3.8, 4) is 0 Å². The van der Waals surface area contributed by atoms with Crippen molar-refractivity contribution in [2.45, 2.75) is 30.8 Å². The molecular weight excluding hydrogens is 330 g/mol. The lowest BCUT2D eigenvalue weighted by Gasteiger charge is -2.22. The van der Waals surface area contributed by atoms with Gasteiger partial charge in [-0.3, -0.25) is 0 Å². The number of amidine groups is 1. The number of nitrogens with two attached hydrogens (primary N) is 2. The molecule has 5 nitrogen and oxygen atoms in total. The Bertz CT molecular complexity index is 910. The highest BCUT2D eigenvalue weighted by Crippen LogP contribution is 2.41. The first-order valence-corrected chi connectivity index (χ1v) is 9.31. The summed E-state index contributed by atoms with van der Waals surface area (Å²) in [5.74, 6) is 0.810. The van der Waals surface area contributed by atoms with E-state index in [9.17, 15) is 0 Å². The molecule has 2 unspecified atom stereocenters. The highest BCUT2D eigenvalue weighted by Gasteiger charge is 2.39. The smallest absolute Gasteiger partial charge is 0.219 e. The van der Waals surface area contributed by atoms with Gasteiger partial charge in [0.15, 0.2) is 0 Å². The molecule has 128 valence electrons. The third kappa shape index (κ3) is 2.87. The van der Waals surface area contributed by atoms with Gasteiger partial charge in [0.25, 0.3) is 0 Å². The molecule has 0 spiro atoms. The zero-order valence-electron chi connectivity index (χ0n) is 14.1. The summed E-state index contributed by atoms with van der Waals surface area (Å²) < 4.78 is 0. The minimum Gasteiger partial charge on any atom is -0.386 e. The van der Waals surface area contributed by atoms with Crippen molar-refractivity contribution in [2.24, 2.45) is 27.4 Å². The lowest BCUT2D eigenvalue weighted by Crippen LogP contribution is -2.41. The van der Waals surface area contributed by atoms with E-state index in [0.29, 0.717) is 5.84 Å². The van der Waals surface area contributed by atoms with Gasteiger partial charge in [-0.15, -0.1) is 0 Å². The van der Waals surface area contributed by atoms with Crippen LogP contribution in [-0.2, 0) is 0 Å². The third-order valence-corrected chi connectivity index (χ3v) is 5.74. The Labute approximate surface area is 151 Å². The summed E-state index contributed by atoms with van der Waals surface area (Å²) in [6.45, 7) is 2.17. The van der Waals surface area contributed by atoms with E-state index in [0.717, 1.165) is 17.9 Å². The van der Waals surface area contributed by atoms with Gasteiger partial charge in [0.1, 0.15) is 12.0 Å². The van der Waals surface area contributed by atoms with Crippen LogP contribution in [0.5, 0.6) is 0 Å². The second-order valence-corrected chi connectivity index (χ2v) is 7.33. The third-order valence-electron chi connectivity index (χ3n) is 4.58. The lowest BCUT2D eigenvalue weighted by molar-refractivity contribution is 0.561. The molecule has 2 heterocycles. The zero-order valence-corrected chi connectivity index (χ0v) is 14.9. The number of benzene rings is 2. The Morgan fingerprint density at radius 1 is 1.12 bits per heavy atom. The van der Waals surface area contributed by atoms with Crippen LogP contribution in [0.15, 0.2) is 67.9 Å². The molecule has 0 saturated heterocycles. The molecule has 2 aromatic carbocycles. The topological polar surface area (TPSA) is 88.8 Å². The second-order valence-electron chi connectivity index (χ2n) is 6.27. The molecule has 0 fully saturated rings. The van der Waals surface area contributed by atoms with Gasteiger partial charge in [0, 0.05) is 4.90 Å². The fourth-order valence-electron chi connectivity index (χ4n) is 3.49. The van der Waals surface area contributed by atoms with Gasteiger partial charge in [0.05, 0.1) is 10.9 Å². The molecule has 4 rings (SSSR count). The Kier molecular flexibility index (Phi) is 4.13. The number of nitrogens with zero attached hydrogens (tertiary/aromatic N) is 2. The fraction of sp³-hybridized carbons (Fsp3) is 0.263. The number of aliphatic imine (C=N–C) groups is 2. The van der Waals surface area contributed by atoms with Crippen molar-refractivity contribution in [3.05, 3.63) is 53.1 Å². The molecule has 2 aromatic rings. The van der Waals surface area contributed by atoms with Gasteiger partial charge in [-0.1, -0.05) is 61.5 Å². The fourth-order valence-corrected chi connectivity index (χ4v) is 4.69. The maximum absolute atomic E-state index is 6.18. The number of fused-ring (bicyclic) bond motifs is 2. The highest BCUT2D eigenvalue weighted by molar-refractivity contribution is 8.03. The van der Waals surface area contributed by atoms with Crippen LogP contribution in [0.1, 0.15) is 19.8 Å². The van der Waals surface area contributed by atoms with Crippen molar-refractivity contribution < 1.29 is 0 Å². The van der Waals surface area contributed by atoms with Crippen molar-refractivity contribution in [1.82, 2.24) is 5.32 Å². The Balaban J connectivity index is 1.74. The van der Waals surface area contributed by atoms with Crippen LogP contribution < -0.4 is 16.8 Å². The van der Waals surface area contributed by atoms with E-state index in [4.69, 9.17) is 11.5 Å². The zero-order chi connectivity index (χ0) is 17.4. The maximum atomic E-state index is 6.18. The Morgan fingerprint density at radius 3 is 2.76 bits per heavy atom. The van der Waals surface area contributed by atoms with Crippen LogP contribution in [0.4, 0.5) is 0 Å². The van der Waals surface area contributed by atoms with Gasteiger partial charge in [0.2, 0.25) is 5.96 Å². The SMILES string of the molecule is CCCC1=C(Sc2cccc3ccccc23)NC2N=C(N)N=C(N)C12. The van der Waals surface area contributed by atoms with Crippen LogP contribution in [0, 0.1) is 5.92 Å². The summed E-state index contributed by atoms with van der Waals surface area (Å²) in [4.78, 5) is 9.85. The summed E-state index contributed by atoms with van der Waals surface area (Å²) in [6.07, 6.45) is 1.87. The monoisotopic (exact) mass is 351 g/mol. The van der Waals surface area contributed by atoms with Crippen LogP contribution >= 0.6 is 11.8 Å². The standard InChI is InChI=1S/C19H21N5S/c1-2-6-13-15-16(20)22-19(21)24-17(15)23-18(13)25-14-10-5-8-11-7-3-4-9-12(11)14/h3-5,7-10,15,17,23H,2,6H2,1H3,(H4,20,21,22,24). The molecular formula is C19H21N5S. The maximum Gasteiger partial charge on any atom is 0.219 e. The van der Waals surface area contributed by atoms with Crippen LogP contribution in [0.3, 0.4) is 0 Å². The predicted molar refractivity (Wildman–Crippen MR) is 105 cm³/mol. The number of nitrogens with one attached hydrogen (secondary N) is 1. The van der Waals surface area contributed by atoms with E-state index in [1.54, 1.807) is 11.8 Å². The van der Waals surface area contributed by atoms with Crippen molar-refractivity contribution in [1.29, 1.82) is 0 Å². The number of thioether (sulfide) groups is 1. The minimum absolute atomic E-state index is 0.00438. The van der Waals surface area contributed by atoms with E-state index < -0.39 is 0 Å². The van der Waals surface area contributed by atoms with E-state index in [1.165, 1.54) is 21.2 Å². The van der Waals surface area contributed by atoms with Gasteiger partial charge in [-0.05, 0) is 28.8 Å². The molecule has 2 atom stereocenters. The van der Waals surface area contributed by atoms with Crippen LogP contribution in [0.25, 0.3) is 10.8 Å². The molecule has 0 bridgehead atoms. The van der Waals surface area contributed by atoms with Gasteiger partial charge in [-0.25, -0.2) is 9.98 Å². The molecule has 25 heavy (non-hydrogen) atoms. The number of guanidine groups is 1. The summed E-state index contributed by atoms with van der Waals surface area (Å²) in [5, 5.41) is 7.13. The number of hydrogen-bond donors (Lipinski definition) is 3. The van der Waals surface area contributed by atoms with E-state index >= 15 is 0 Å². The first-order chi connectivity index (χ1) is 12.2. The van der Waals surface area contributed by atoms with Crippen LogP contribution in [-0.4, -0.2) is 18.0 Å². The largest absolute Gasteiger partial charge is 0.386 e. The first kappa shape index (κ1) is 16.0. The predicted octanol–water partition coefficient (Wildman–Crippen LogP) is 3.17. The Hall–Kier alpha value is -2.47. The van der Waals surface area contributed by atoms with Crippen LogP contribution in [0.2, 0.25) is 0 Å². The number of hydrogen-bond acceptors (Lipinski definition) is 6. The molecule has 0 amide bonds. The Morgan fingerprint density at radius 2 is 1.92 bits per heavy atom. The summed E-state index contributed by atoms with van der Waals surface area (Å²) in [7, 11) is 0. The number of rotatable bonds is 4. The second kappa shape index (κ2) is 6.44. The first-order valence-electron chi connectivity index (χ1n) is 8.50. The highest BCUT2D eigenvalue weighted by atomic mass is 32.2. The van der Waals surface area contributed by atoms with Crippen molar-refractivity contribution in [3.63, 3.8) is 0 Å². The average Bonchev–Trinajstić information content (AvgIpc) is 2.93. The van der Waals surface area contributed by atoms with Crippen molar-refractivity contribution >= 4 is 34.3 Å². The molecule has 0 aromatic heterocycles. The van der Waals surface area contributed by atoms with E-state index in [-0.39, 0.29) is 18.0 Å². The van der Waals surface area contributed by atoms with E-state index in [1.807, 2.05) is 0 Å². The summed E-state index contributed by atoms with van der Waals surface area (Å²) in [5.41, 5.74) is 13.3. The average molecular weight is 351 g/mol. The summed E-state index contributed by atoms with van der Waals surface area (Å²) in [6, 6.07) is 14.8. The molecule has 0 saturated carbocycles. The normalized spacial score (nSPS) is 22.4. The van der Waals surface area contributed by atoms with E-state index in [2.05, 4.69) is 64.7 Å². The molecule has 0 aliphatic carbocycles. The quantitative estimate of drug-likeness (QED) is 0.789. The molecule has 2 aliphatic heterocycles. The van der Waals surface area contributed by atoms with Gasteiger partial charge >= 0.3 is 0 Å². The van der Waals surface area contributed by atoms with Gasteiger partial charge in [-0.2, -0.15) is 0 Å². The molecule has 6 heteroatoms. The molecule has 5 N–H and O–H groups in total. The van der Waals surface area contributed by atoms with Gasteiger partial charge < -0.3 is 16.8 Å². The lowest BCUT2D eigenvalue weighted by atomic mass is 9.94.